The average Bonchev–Trinajstić information content (AvgIpc) is 2.62. The van der Waals surface area contributed by atoms with Crippen molar-refractivity contribution in [2.45, 2.75) is 39.5 Å². The zero-order valence-electron chi connectivity index (χ0n) is 15.7. The summed E-state index contributed by atoms with van der Waals surface area (Å²) in [4.78, 5) is 4.57. The number of rotatable bonds is 5. The Balaban J connectivity index is 1.85. The van der Waals surface area contributed by atoms with E-state index in [-0.39, 0.29) is 5.41 Å². The molecule has 3 rings (SSSR count). The zero-order chi connectivity index (χ0) is 18.6. The fourth-order valence-corrected chi connectivity index (χ4v) is 2.87. The lowest BCUT2D eigenvalue weighted by molar-refractivity contribution is 0.592. The van der Waals surface area contributed by atoms with E-state index in [2.05, 4.69) is 77.8 Å². The Hall–Kier alpha value is -2.95. The molecule has 2 N–H and O–H groups in total. The SMILES string of the molecule is CCc1ccccc1Nc1nncc(Nc2ccccc2C(C)(C)C)n1. The molecule has 1 aromatic heterocycles. The fraction of sp³-hybridized carbons (Fsp3) is 0.286. The molecule has 0 saturated heterocycles. The van der Waals surface area contributed by atoms with Crippen molar-refractivity contribution in [3.63, 3.8) is 0 Å². The van der Waals surface area contributed by atoms with Crippen molar-refractivity contribution in [3.8, 4) is 0 Å². The Morgan fingerprint density at radius 3 is 2.31 bits per heavy atom. The first kappa shape index (κ1) is 17.9. The topological polar surface area (TPSA) is 62.7 Å². The first-order valence-corrected chi connectivity index (χ1v) is 8.88. The number of hydrogen-bond acceptors (Lipinski definition) is 5. The predicted molar refractivity (Wildman–Crippen MR) is 107 cm³/mol. The molecule has 0 bridgehead atoms. The molecule has 0 spiro atoms. The van der Waals surface area contributed by atoms with Crippen LogP contribution < -0.4 is 10.6 Å². The monoisotopic (exact) mass is 347 g/mol. The largest absolute Gasteiger partial charge is 0.339 e. The summed E-state index contributed by atoms with van der Waals surface area (Å²) in [6, 6.07) is 16.4. The van der Waals surface area contributed by atoms with Gasteiger partial charge in [-0.3, -0.25) is 0 Å². The van der Waals surface area contributed by atoms with Crippen molar-refractivity contribution >= 4 is 23.1 Å². The van der Waals surface area contributed by atoms with Gasteiger partial charge in [0.25, 0.3) is 0 Å². The van der Waals surface area contributed by atoms with E-state index >= 15 is 0 Å². The summed E-state index contributed by atoms with van der Waals surface area (Å²) in [6.45, 7) is 8.71. The van der Waals surface area contributed by atoms with Gasteiger partial charge in [0.15, 0.2) is 5.82 Å². The lowest BCUT2D eigenvalue weighted by atomic mass is 9.86. The van der Waals surface area contributed by atoms with Crippen LogP contribution in [0.5, 0.6) is 0 Å². The van der Waals surface area contributed by atoms with Gasteiger partial charge in [-0.1, -0.05) is 64.1 Å². The Kier molecular flexibility index (Phi) is 5.16. The summed E-state index contributed by atoms with van der Waals surface area (Å²) in [5, 5.41) is 14.8. The predicted octanol–water partition coefficient (Wildman–Crippen LogP) is 5.22. The second-order valence-electron chi connectivity index (χ2n) is 7.22. The summed E-state index contributed by atoms with van der Waals surface area (Å²) in [5.41, 5.74) is 4.51. The van der Waals surface area contributed by atoms with Gasteiger partial charge in [-0.15, -0.1) is 5.10 Å². The van der Waals surface area contributed by atoms with Crippen LogP contribution in [-0.4, -0.2) is 15.2 Å². The number of aromatic nitrogens is 3. The normalized spacial score (nSPS) is 11.2. The first-order chi connectivity index (χ1) is 12.5. The standard InChI is InChI=1S/C21H25N5/c1-5-15-10-6-8-12-17(15)24-20-25-19(14-22-26-20)23-18-13-9-7-11-16(18)21(2,3)4/h6-14H,5H2,1-4H3,(H2,23,24,25,26). The minimum atomic E-state index is 0.0329. The summed E-state index contributed by atoms with van der Waals surface area (Å²) in [7, 11) is 0. The molecule has 134 valence electrons. The zero-order valence-corrected chi connectivity index (χ0v) is 15.7. The highest BCUT2D eigenvalue weighted by molar-refractivity contribution is 5.64. The molecule has 2 aromatic carbocycles. The Bertz CT molecular complexity index is 883. The second-order valence-corrected chi connectivity index (χ2v) is 7.22. The third-order valence-corrected chi connectivity index (χ3v) is 4.20. The first-order valence-electron chi connectivity index (χ1n) is 8.88. The second kappa shape index (κ2) is 7.52. The van der Waals surface area contributed by atoms with Gasteiger partial charge in [0, 0.05) is 11.4 Å². The summed E-state index contributed by atoms with van der Waals surface area (Å²) >= 11 is 0. The molecule has 0 aliphatic heterocycles. The molecule has 5 heteroatoms. The lowest BCUT2D eigenvalue weighted by Gasteiger charge is -2.23. The molecule has 26 heavy (non-hydrogen) atoms. The van der Waals surface area contributed by atoms with Crippen LogP contribution in [0.4, 0.5) is 23.1 Å². The number of benzene rings is 2. The van der Waals surface area contributed by atoms with E-state index in [4.69, 9.17) is 0 Å². The van der Waals surface area contributed by atoms with E-state index in [0.29, 0.717) is 11.8 Å². The van der Waals surface area contributed by atoms with Crippen molar-refractivity contribution < 1.29 is 0 Å². The van der Waals surface area contributed by atoms with Crippen LogP contribution in [-0.2, 0) is 11.8 Å². The van der Waals surface area contributed by atoms with E-state index in [1.54, 1.807) is 6.20 Å². The Morgan fingerprint density at radius 1 is 0.885 bits per heavy atom. The number of anilines is 4. The summed E-state index contributed by atoms with van der Waals surface area (Å²) < 4.78 is 0. The quantitative estimate of drug-likeness (QED) is 0.662. The smallest absolute Gasteiger partial charge is 0.249 e. The number of nitrogens with one attached hydrogen (secondary N) is 2. The molecule has 5 nitrogen and oxygen atoms in total. The van der Waals surface area contributed by atoms with Gasteiger partial charge in [0.2, 0.25) is 5.95 Å². The molecular weight excluding hydrogens is 322 g/mol. The van der Waals surface area contributed by atoms with Gasteiger partial charge >= 0.3 is 0 Å². The number of nitrogens with zero attached hydrogens (tertiary/aromatic N) is 3. The average molecular weight is 347 g/mol. The van der Waals surface area contributed by atoms with Crippen LogP contribution in [0.2, 0.25) is 0 Å². The lowest BCUT2D eigenvalue weighted by Crippen LogP contribution is -2.14. The molecule has 0 fully saturated rings. The van der Waals surface area contributed by atoms with Crippen molar-refractivity contribution in [3.05, 3.63) is 65.9 Å². The fourth-order valence-electron chi connectivity index (χ4n) is 2.87. The van der Waals surface area contributed by atoms with Crippen LogP contribution in [0.15, 0.2) is 54.7 Å². The maximum atomic E-state index is 4.57. The molecule has 0 aliphatic rings. The van der Waals surface area contributed by atoms with Crippen LogP contribution in [0, 0.1) is 0 Å². The maximum absolute atomic E-state index is 4.57. The van der Waals surface area contributed by atoms with Gasteiger partial charge in [0.05, 0.1) is 6.20 Å². The summed E-state index contributed by atoms with van der Waals surface area (Å²) in [5.74, 6) is 1.14. The van der Waals surface area contributed by atoms with E-state index in [1.807, 2.05) is 24.3 Å². The Morgan fingerprint density at radius 2 is 1.58 bits per heavy atom. The molecular formula is C21H25N5. The Labute approximate surface area is 154 Å². The van der Waals surface area contributed by atoms with Crippen LogP contribution in [0.1, 0.15) is 38.8 Å². The third-order valence-electron chi connectivity index (χ3n) is 4.20. The van der Waals surface area contributed by atoms with Crippen molar-refractivity contribution in [1.82, 2.24) is 15.2 Å². The molecule has 3 aromatic rings. The minimum Gasteiger partial charge on any atom is -0.339 e. The highest BCUT2D eigenvalue weighted by Crippen LogP contribution is 2.31. The van der Waals surface area contributed by atoms with Crippen molar-refractivity contribution in [2.75, 3.05) is 10.6 Å². The summed E-state index contributed by atoms with van der Waals surface area (Å²) in [6.07, 6.45) is 2.57. The van der Waals surface area contributed by atoms with Gasteiger partial charge in [-0.2, -0.15) is 10.1 Å². The maximum Gasteiger partial charge on any atom is 0.249 e. The molecule has 0 atom stereocenters. The highest BCUT2D eigenvalue weighted by atomic mass is 15.3. The van der Waals surface area contributed by atoms with Crippen LogP contribution >= 0.6 is 0 Å². The third kappa shape index (κ3) is 4.17. The van der Waals surface area contributed by atoms with Crippen LogP contribution in [0.3, 0.4) is 0 Å². The molecule has 0 unspecified atom stereocenters. The van der Waals surface area contributed by atoms with Crippen molar-refractivity contribution in [1.29, 1.82) is 0 Å². The minimum absolute atomic E-state index is 0.0329. The van der Waals surface area contributed by atoms with Gasteiger partial charge in [0.1, 0.15) is 0 Å². The molecule has 0 aliphatic carbocycles. The van der Waals surface area contributed by atoms with Gasteiger partial charge in [-0.05, 0) is 35.1 Å². The van der Waals surface area contributed by atoms with Crippen molar-refractivity contribution in [2.24, 2.45) is 0 Å². The van der Waals surface area contributed by atoms with E-state index in [1.165, 1.54) is 11.1 Å². The molecule has 0 amide bonds. The van der Waals surface area contributed by atoms with Gasteiger partial charge < -0.3 is 10.6 Å². The van der Waals surface area contributed by atoms with E-state index in [0.717, 1.165) is 17.8 Å². The van der Waals surface area contributed by atoms with Gasteiger partial charge in [-0.25, -0.2) is 0 Å². The van der Waals surface area contributed by atoms with E-state index in [9.17, 15) is 0 Å². The van der Waals surface area contributed by atoms with Crippen LogP contribution in [0.25, 0.3) is 0 Å². The number of hydrogen-bond donors (Lipinski definition) is 2. The molecule has 0 saturated carbocycles. The highest BCUT2D eigenvalue weighted by Gasteiger charge is 2.17. The number of aryl methyl sites for hydroxylation is 1. The number of para-hydroxylation sites is 2. The molecule has 0 radical (unpaired) electrons. The van der Waals surface area contributed by atoms with E-state index < -0.39 is 0 Å². The molecule has 1 heterocycles.